The van der Waals surface area contributed by atoms with Crippen molar-refractivity contribution < 1.29 is 21.8 Å². The monoisotopic (exact) mass is 420 g/mol. The molecule has 0 spiro atoms. The molecular formula is C22H29BrOS. The van der Waals surface area contributed by atoms with E-state index in [1.807, 2.05) is 30.3 Å². The number of benzene rings is 2. The van der Waals surface area contributed by atoms with Gasteiger partial charge in [-0.2, -0.15) is 0 Å². The highest BCUT2D eigenvalue weighted by Gasteiger charge is 2.22. The van der Waals surface area contributed by atoms with Crippen molar-refractivity contribution in [1.82, 2.24) is 0 Å². The van der Waals surface area contributed by atoms with Crippen LogP contribution in [0.1, 0.15) is 49.9 Å². The first kappa shape index (κ1) is 22.0. The summed E-state index contributed by atoms with van der Waals surface area (Å²) < 4.78 is 0. The molecule has 3 heteroatoms. The molecule has 0 fully saturated rings. The number of unbranched alkanes of at least 4 members (excludes halogenated alkanes) is 2. The minimum absolute atomic E-state index is 0. The van der Waals surface area contributed by atoms with E-state index in [9.17, 15) is 4.79 Å². The average Bonchev–Trinajstić information content (AvgIpc) is 2.64. The summed E-state index contributed by atoms with van der Waals surface area (Å²) in [5.41, 5.74) is 3.23. The molecule has 0 unspecified atom stereocenters. The summed E-state index contributed by atoms with van der Waals surface area (Å²) in [5, 5.41) is 0. The molecule has 0 aliphatic carbocycles. The van der Waals surface area contributed by atoms with E-state index in [1.54, 1.807) is 0 Å². The van der Waals surface area contributed by atoms with Gasteiger partial charge in [-0.25, -0.2) is 0 Å². The molecule has 0 N–H and O–H groups in total. The van der Waals surface area contributed by atoms with Gasteiger partial charge in [-0.1, -0.05) is 81.3 Å². The SMILES string of the molecule is CCCC[S+](CCCC)CC(=O)c1ccc(-c2ccccc2)cc1.[Br-]. The summed E-state index contributed by atoms with van der Waals surface area (Å²) in [6.07, 6.45) is 4.92. The number of carbonyl (C=O) groups is 1. The summed E-state index contributed by atoms with van der Waals surface area (Å²) >= 11 is 0. The molecule has 0 aliphatic heterocycles. The van der Waals surface area contributed by atoms with Crippen LogP contribution in [0.5, 0.6) is 0 Å². The Bertz CT molecular complexity index is 602. The molecule has 0 radical (unpaired) electrons. The van der Waals surface area contributed by atoms with E-state index in [-0.39, 0.29) is 27.9 Å². The molecule has 0 atom stereocenters. The largest absolute Gasteiger partial charge is 1.00 e. The minimum atomic E-state index is 0. The fourth-order valence-corrected chi connectivity index (χ4v) is 5.12. The fraction of sp³-hybridized carbons (Fsp3) is 0.409. The molecule has 0 heterocycles. The number of ketones is 1. The molecule has 0 amide bonds. The Balaban J connectivity index is 0.00000312. The van der Waals surface area contributed by atoms with E-state index in [0.29, 0.717) is 5.78 Å². The van der Waals surface area contributed by atoms with Gasteiger partial charge in [0.2, 0.25) is 5.78 Å². The Morgan fingerprint density at radius 2 is 1.32 bits per heavy atom. The van der Waals surface area contributed by atoms with Crippen LogP contribution in [0.4, 0.5) is 0 Å². The molecule has 25 heavy (non-hydrogen) atoms. The topological polar surface area (TPSA) is 17.1 Å². The summed E-state index contributed by atoms with van der Waals surface area (Å²) in [5.74, 6) is 3.46. The van der Waals surface area contributed by atoms with E-state index in [2.05, 4.69) is 38.1 Å². The lowest BCUT2D eigenvalue weighted by atomic mass is 10.0. The van der Waals surface area contributed by atoms with E-state index in [0.717, 1.165) is 11.3 Å². The van der Waals surface area contributed by atoms with E-state index in [1.165, 1.54) is 48.3 Å². The average molecular weight is 421 g/mol. The smallest absolute Gasteiger partial charge is 0.211 e. The van der Waals surface area contributed by atoms with Crippen molar-refractivity contribution in [2.45, 2.75) is 39.5 Å². The first-order valence-corrected chi connectivity index (χ1v) is 10.8. The molecule has 2 aromatic carbocycles. The Morgan fingerprint density at radius 1 is 0.800 bits per heavy atom. The second-order valence-electron chi connectivity index (χ2n) is 6.24. The number of hydrogen-bond donors (Lipinski definition) is 0. The van der Waals surface area contributed by atoms with Gasteiger partial charge in [0, 0.05) is 5.56 Å². The van der Waals surface area contributed by atoms with Crippen molar-refractivity contribution in [1.29, 1.82) is 0 Å². The predicted octanol–water partition coefficient (Wildman–Crippen LogP) is 2.76. The molecule has 0 saturated heterocycles. The molecule has 0 saturated carbocycles. The van der Waals surface area contributed by atoms with Crippen LogP contribution in [-0.2, 0) is 10.9 Å². The van der Waals surface area contributed by atoms with Crippen LogP contribution in [0.15, 0.2) is 54.6 Å². The summed E-state index contributed by atoms with van der Waals surface area (Å²) in [6, 6.07) is 18.4. The van der Waals surface area contributed by atoms with Gasteiger partial charge in [0.15, 0.2) is 5.75 Å². The lowest BCUT2D eigenvalue weighted by Gasteiger charge is -2.08. The van der Waals surface area contributed by atoms with Crippen LogP contribution in [0.2, 0.25) is 0 Å². The molecular weight excluding hydrogens is 392 g/mol. The molecule has 2 rings (SSSR count). The van der Waals surface area contributed by atoms with Crippen molar-refractivity contribution in [2.75, 3.05) is 17.3 Å². The molecule has 0 aromatic heterocycles. The number of rotatable bonds is 10. The number of carbonyl (C=O) groups excluding carboxylic acids is 1. The zero-order chi connectivity index (χ0) is 17.2. The van der Waals surface area contributed by atoms with Crippen molar-refractivity contribution >= 4 is 16.7 Å². The van der Waals surface area contributed by atoms with Crippen LogP contribution in [0.3, 0.4) is 0 Å². The Kier molecular flexibility index (Phi) is 10.8. The Hall–Kier alpha value is -1.06. The highest BCUT2D eigenvalue weighted by atomic mass is 79.9. The van der Waals surface area contributed by atoms with Crippen LogP contribution >= 0.6 is 0 Å². The first-order valence-electron chi connectivity index (χ1n) is 9.07. The van der Waals surface area contributed by atoms with Crippen molar-refractivity contribution in [3.05, 3.63) is 60.2 Å². The van der Waals surface area contributed by atoms with Gasteiger partial charge in [-0.15, -0.1) is 0 Å². The minimum Gasteiger partial charge on any atom is -1.00 e. The van der Waals surface area contributed by atoms with Crippen LogP contribution in [-0.4, -0.2) is 23.0 Å². The second kappa shape index (κ2) is 12.3. The zero-order valence-electron chi connectivity index (χ0n) is 15.3. The molecule has 136 valence electrons. The molecule has 0 aliphatic rings. The van der Waals surface area contributed by atoms with Crippen molar-refractivity contribution in [3.63, 3.8) is 0 Å². The number of Topliss-reactive ketones (excluding diaryl/α,β-unsaturated/α-hetero) is 1. The van der Waals surface area contributed by atoms with Gasteiger partial charge in [-0.05, 0) is 34.9 Å². The highest BCUT2D eigenvalue weighted by molar-refractivity contribution is 7.97. The quantitative estimate of drug-likeness (QED) is 0.426. The molecule has 2 aromatic rings. The van der Waals surface area contributed by atoms with Gasteiger partial charge < -0.3 is 17.0 Å². The zero-order valence-corrected chi connectivity index (χ0v) is 17.7. The van der Waals surface area contributed by atoms with Crippen LogP contribution in [0, 0.1) is 0 Å². The fourth-order valence-electron chi connectivity index (χ4n) is 2.69. The van der Waals surface area contributed by atoms with Gasteiger partial charge in [0.05, 0.1) is 0 Å². The third-order valence-electron chi connectivity index (χ3n) is 4.22. The van der Waals surface area contributed by atoms with Crippen molar-refractivity contribution in [3.8, 4) is 11.1 Å². The van der Waals surface area contributed by atoms with Crippen molar-refractivity contribution in [2.24, 2.45) is 0 Å². The van der Waals surface area contributed by atoms with E-state index >= 15 is 0 Å². The molecule has 0 bridgehead atoms. The van der Waals surface area contributed by atoms with Crippen LogP contribution in [0.25, 0.3) is 11.1 Å². The highest BCUT2D eigenvalue weighted by Crippen LogP contribution is 2.20. The third-order valence-corrected chi connectivity index (χ3v) is 6.62. The second-order valence-corrected chi connectivity index (χ2v) is 8.57. The van der Waals surface area contributed by atoms with E-state index < -0.39 is 0 Å². The number of halogens is 1. The molecule has 1 nitrogen and oxygen atoms in total. The van der Waals surface area contributed by atoms with Crippen LogP contribution < -0.4 is 17.0 Å². The lowest BCUT2D eigenvalue weighted by molar-refractivity contribution is -0.0000128. The normalized spacial score (nSPS) is 10.5. The summed E-state index contributed by atoms with van der Waals surface area (Å²) in [4.78, 5) is 12.6. The summed E-state index contributed by atoms with van der Waals surface area (Å²) in [6.45, 7) is 4.46. The standard InChI is InChI=1S/C22H29OS.BrH/c1-3-5-16-24(17-6-4-2)18-22(23)21-14-12-20(13-15-21)19-10-8-7-9-11-19;/h7-15H,3-6,16-18H2,1-2H3;1H/q+1;/p-1. The Labute approximate surface area is 166 Å². The van der Waals surface area contributed by atoms with Gasteiger partial charge in [0.1, 0.15) is 11.5 Å². The lowest BCUT2D eigenvalue weighted by Crippen LogP contribution is -3.00. The number of hydrogen-bond acceptors (Lipinski definition) is 1. The summed E-state index contributed by atoms with van der Waals surface area (Å²) in [7, 11) is 0.254. The van der Waals surface area contributed by atoms with Gasteiger partial charge >= 0.3 is 0 Å². The van der Waals surface area contributed by atoms with Gasteiger partial charge in [0.25, 0.3) is 0 Å². The predicted molar refractivity (Wildman–Crippen MR) is 108 cm³/mol. The maximum Gasteiger partial charge on any atom is 0.211 e. The van der Waals surface area contributed by atoms with Gasteiger partial charge in [-0.3, -0.25) is 4.79 Å². The maximum absolute atomic E-state index is 12.6. The first-order chi connectivity index (χ1) is 11.7. The maximum atomic E-state index is 12.6. The Morgan fingerprint density at radius 3 is 1.84 bits per heavy atom. The third kappa shape index (κ3) is 7.37. The van der Waals surface area contributed by atoms with E-state index in [4.69, 9.17) is 0 Å².